The van der Waals surface area contributed by atoms with Crippen LogP contribution in [0.5, 0.6) is 11.5 Å². The molecule has 0 aliphatic heterocycles. The van der Waals surface area contributed by atoms with E-state index in [-0.39, 0.29) is 5.78 Å². The summed E-state index contributed by atoms with van der Waals surface area (Å²) in [4.78, 5) is 23.9. The van der Waals surface area contributed by atoms with Crippen molar-refractivity contribution < 1.29 is 19.1 Å². The first-order chi connectivity index (χ1) is 13.5. The van der Waals surface area contributed by atoms with Crippen molar-refractivity contribution in [3.8, 4) is 11.5 Å². The number of Topliss-reactive ketones (excluding diaryl/α,β-unsaturated/α-hetero) is 1. The van der Waals surface area contributed by atoms with Crippen molar-refractivity contribution in [3.63, 3.8) is 0 Å². The van der Waals surface area contributed by atoms with Gasteiger partial charge in [-0.05, 0) is 61.0 Å². The zero-order valence-electron chi connectivity index (χ0n) is 16.0. The van der Waals surface area contributed by atoms with Gasteiger partial charge < -0.3 is 9.47 Å². The number of benzene rings is 3. The molecule has 3 rings (SSSR count). The minimum atomic E-state index is -0.444. The molecule has 4 nitrogen and oxygen atoms in total. The first-order valence-electron chi connectivity index (χ1n) is 9.19. The van der Waals surface area contributed by atoms with Gasteiger partial charge in [0.15, 0.2) is 5.78 Å². The Labute approximate surface area is 164 Å². The van der Waals surface area contributed by atoms with Crippen LogP contribution in [0.15, 0.2) is 72.8 Å². The third kappa shape index (κ3) is 5.07. The molecule has 0 saturated heterocycles. The first kappa shape index (κ1) is 19.4. The average molecular weight is 374 g/mol. The van der Waals surface area contributed by atoms with Gasteiger partial charge in [-0.3, -0.25) is 4.79 Å². The van der Waals surface area contributed by atoms with E-state index in [1.54, 1.807) is 36.4 Å². The molecule has 0 bridgehead atoms. The van der Waals surface area contributed by atoms with Crippen molar-refractivity contribution in [3.05, 3.63) is 95.1 Å². The molecule has 0 fully saturated rings. The Bertz CT molecular complexity index is 939. The van der Waals surface area contributed by atoms with Crippen LogP contribution < -0.4 is 9.47 Å². The largest absolute Gasteiger partial charge is 0.489 e. The van der Waals surface area contributed by atoms with Crippen LogP contribution in [0.3, 0.4) is 0 Å². The van der Waals surface area contributed by atoms with Gasteiger partial charge in [0.05, 0.1) is 5.56 Å². The molecule has 0 saturated carbocycles. The SMILES string of the molecule is CCC(=O)c1ccc(OC(=O)c2ccc(COc3ccc(C)cc3)cc2)cc1. The maximum atomic E-state index is 12.3. The molecule has 142 valence electrons. The number of ketones is 1. The molecular weight excluding hydrogens is 352 g/mol. The molecule has 0 heterocycles. The molecule has 0 aliphatic carbocycles. The molecule has 0 atom stereocenters. The summed E-state index contributed by atoms with van der Waals surface area (Å²) in [6.45, 7) is 4.26. The number of aryl methyl sites for hydroxylation is 1. The molecule has 4 heteroatoms. The highest BCUT2D eigenvalue weighted by atomic mass is 16.5. The summed E-state index contributed by atoms with van der Waals surface area (Å²) >= 11 is 0. The number of carbonyl (C=O) groups is 2. The molecule has 0 aliphatic rings. The number of rotatable bonds is 7. The van der Waals surface area contributed by atoms with E-state index in [4.69, 9.17) is 9.47 Å². The quantitative estimate of drug-likeness (QED) is 0.316. The summed E-state index contributed by atoms with van der Waals surface area (Å²) in [5.74, 6) is 0.824. The van der Waals surface area contributed by atoms with Crippen molar-refractivity contribution >= 4 is 11.8 Å². The molecule has 0 amide bonds. The number of carbonyl (C=O) groups excluding carboxylic acids is 2. The first-order valence-corrected chi connectivity index (χ1v) is 9.19. The monoisotopic (exact) mass is 374 g/mol. The van der Waals surface area contributed by atoms with E-state index >= 15 is 0 Å². The fourth-order valence-corrected chi connectivity index (χ4v) is 2.62. The van der Waals surface area contributed by atoms with Gasteiger partial charge >= 0.3 is 5.97 Å². The van der Waals surface area contributed by atoms with Crippen molar-refractivity contribution in [2.75, 3.05) is 0 Å². The lowest BCUT2D eigenvalue weighted by atomic mass is 10.1. The highest BCUT2D eigenvalue weighted by molar-refractivity contribution is 5.96. The van der Waals surface area contributed by atoms with Crippen LogP contribution in [0, 0.1) is 6.92 Å². The van der Waals surface area contributed by atoms with E-state index < -0.39 is 5.97 Å². The Morgan fingerprint density at radius 2 is 1.32 bits per heavy atom. The van der Waals surface area contributed by atoms with Gasteiger partial charge in [0.25, 0.3) is 0 Å². The highest BCUT2D eigenvalue weighted by Crippen LogP contribution is 2.17. The van der Waals surface area contributed by atoms with E-state index in [2.05, 4.69) is 0 Å². The van der Waals surface area contributed by atoms with Crippen molar-refractivity contribution in [2.45, 2.75) is 26.9 Å². The van der Waals surface area contributed by atoms with Gasteiger partial charge in [0.1, 0.15) is 18.1 Å². The van der Waals surface area contributed by atoms with E-state index in [1.165, 1.54) is 5.56 Å². The third-order valence-corrected chi connectivity index (χ3v) is 4.32. The van der Waals surface area contributed by atoms with Gasteiger partial charge in [0, 0.05) is 12.0 Å². The fourth-order valence-electron chi connectivity index (χ4n) is 2.62. The van der Waals surface area contributed by atoms with E-state index in [0.717, 1.165) is 11.3 Å². The summed E-state index contributed by atoms with van der Waals surface area (Å²) in [5.41, 5.74) is 3.20. The number of hydrogen-bond donors (Lipinski definition) is 0. The highest BCUT2D eigenvalue weighted by Gasteiger charge is 2.10. The zero-order valence-corrected chi connectivity index (χ0v) is 16.0. The lowest BCUT2D eigenvalue weighted by Crippen LogP contribution is -2.09. The third-order valence-electron chi connectivity index (χ3n) is 4.32. The minimum Gasteiger partial charge on any atom is -0.489 e. The number of hydrogen-bond acceptors (Lipinski definition) is 4. The molecule has 0 spiro atoms. The Balaban J connectivity index is 1.57. The standard InChI is InChI=1S/C24H22O4/c1-3-23(25)19-10-14-22(15-11-19)28-24(26)20-8-6-18(7-9-20)16-27-21-12-4-17(2)5-13-21/h4-15H,3,16H2,1-2H3. The lowest BCUT2D eigenvalue weighted by molar-refractivity contribution is 0.0734. The molecule has 0 radical (unpaired) electrons. The minimum absolute atomic E-state index is 0.0568. The van der Waals surface area contributed by atoms with Crippen LogP contribution in [-0.2, 0) is 6.61 Å². The van der Waals surface area contributed by atoms with Gasteiger partial charge in [-0.1, -0.05) is 36.8 Å². The van der Waals surface area contributed by atoms with Crippen LogP contribution in [0.25, 0.3) is 0 Å². The molecular formula is C24H22O4. The summed E-state index contributed by atoms with van der Waals surface area (Å²) in [7, 11) is 0. The van der Waals surface area contributed by atoms with Crippen LogP contribution in [0.4, 0.5) is 0 Å². The van der Waals surface area contributed by atoms with Crippen LogP contribution in [0.1, 0.15) is 45.2 Å². The summed E-state index contributed by atoms with van der Waals surface area (Å²) < 4.78 is 11.1. The Morgan fingerprint density at radius 3 is 1.93 bits per heavy atom. The predicted octanol–water partition coefficient (Wildman–Crippen LogP) is 5.39. The summed E-state index contributed by atoms with van der Waals surface area (Å²) in [5, 5.41) is 0. The molecule has 28 heavy (non-hydrogen) atoms. The second-order valence-corrected chi connectivity index (χ2v) is 6.49. The van der Waals surface area contributed by atoms with E-state index in [1.807, 2.05) is 50.2 Å². The summed E-state index contributed by atoms with van der Waals surface area (Å²) in [6, 6.07) is 21.6. The number of esters is 1. The molecule has 0 aromatic heterocycles. The van der Waals surface area contributed by atoms with Gasteiger partial charge in [-0.2, -0.15) is 0 Å². The molecule has 0 unspecified atom stereocenters. The Morgan fingerprint density at radius 1 is 0.750 bits per heavy atom. The maximum Gasteiger partial charge on any atom is 0.343 e. The molecule has 3 aromatic rings. The van der Waals surface area contributed by atoms with E-state index in [0.29, 0.717) is 29.9 Å². The molecule has 0 N–H and O–H groups in total. The lowest BCUT2D eigenvalue weighted by Gasteiger charge is -2.08. The Kier molecular flexibility index (Phi) is 6.22. The van der Waals surface area contributed by atoms with Crippen molar-refractivity contribution in [1.29, 1.82) is 0 Å². The average Bonchev–Trinajstić information content (AvgIpc) is 2.73. The van der Waals surface area contributed by atoms with Crippen molar-refractivity contribution in [1.82, 2.24) is 0 Å². The molecule has 3 aromatic carbocycles. The second kappa shape index (κ2) is 9.00. The van der Waals surface area contributed by atoms with Gasteiger partial charge in [-0.25, -0.2) is 4.79 Å². The summed E-state index contributed by atoms with van der Waals surface area (Å²) in [6.07, 6.45) is 0.444. The smallest absolute Gasteiger partial charge is 0.343 e. The van der Waals surface area contributed by atoms with E-state index in [9.17, 15) is 9.59 Å². The van der Waals surface area contributed by atoms with Crippen LogP contribution in [0.2, 0.25) is 0 Å². The Hall–Kier alpha value is -3.40. The van der Waals surface area contributed by atoms with Crippen LogP contribution in [-0.4, -0.2) is 11.8 Å². The zero-order chi connectivity index (χ0) is 19.9. The fraction of sp³-hybridized carbons (Fsp3) is 0.167. The van der Waals surface area contributed by atoms with Crippen LogP contribution >= 0.6 is 0 Å². The topological polar surface area (TPSA) is 52.6 Å². The van der Waals surface area contributed by atoms with Gasteiger partial charge in [0.2, 0.25) is 0 Å². The number of ether oxygens (including phenoxy) is 2. The predicted molar refractivity (Wildman–Crippen MR) is 108 cm³/mol. The van der Waals surface area contributed by atoms with Gasteiger partial charge in [-0.15, -0.1) is 0 Å². The second-order valence-electron chi connectivity index (χ2n) is 6.49. The maximum absolute atomic E-state index is 12.3. The van der Waals surface area contributed by atoms with Crippen molar-refractivity contribution in [2.24, 2.45) is 0 Å². The normalized spacial score (nSPS) is 10.4.